The van der Waals surface area contributed by atoms with E-state index >= 15 is 0 Å². The van der Waals surface area contributed by atoms with Gasteiger partial charge >= 0.3 is 0 Å². The number of hydrogen-bond acceptors (Lipinski definition) is 2. The molecule has 76 valence electrons. The van der Waals surface area contributed by atoms with Gasteiger partial charge in [0.1, 0.15) is 0 Å². The van der Waals surface area contributed by atoms with E-state index in [9.17, 15) is 0 Å². The first-order chi connectivity index (χ1) is 4.79. The van der Waals surface area contributed by atoms with Crippen LogP contribution in [0.1, 0.15) is 12.8 Å². The van der Waals surface area contributed by atoms with Crippen molar-refractivity contribution in [3.05, 3.63) is 0 Å². The molecule has 2 nitrogen and oxygen atoms in total. The fraction of sp³-hybridized carbons (Fsp3) is 1.00. The third-order valence-electron chi connectivity index (χ3n) is 2.08. The number of hydrogen-bond donors (Lipinski definition) is 1. The van der Waals surface area contributed by atoms with Crippen LogP contribution in [-0.2, 0) is 0 Å². The summed E-state index contributed by atoms with van der Waals surface area (Å²) in [7, 11) is 4.31. The standard InChI is InChI=1S/C8H18N2.2ClH/c1-10(2)7-8-3-5-9-6-4-8;;/h8-9H,3-7H2,1-2H3;2*1H. The third kappa shape index (κ3) is 6.06. The van der Waals surface area contributed by atoms with E-state index in [1.54, 1.807) is 0 Å². The maximum Gasteiger partial charge on any atom is 0.000451 e. The Morgan fingerprint density at radius 2 is 1.67 bits per heavy atom. The van der Waals surface area contributed by atoms with Crippen molar-refractivity contribution in [3.63, 3.8) is 0 Å². The van der Waals surface area contributed by atoms with E-state index in [-0.39, 0.29) is 24.8 Å². The summed E-state index contributed by atoms with van der Waals surface area (Å²) in [5, 5.41) is 3.37. The van der Waals surface area contributed by atoms with Crippen molar-refractivity contribution in [2.45, 2.75) is 12.8 Å². The Bertz CT molecular complexity index is 93.1. The van der Waals surface area contributed by atoms with Crippen molar-refractivity contribution in [2.75, 3.05) is 33.7 Å². The summed E-state index contributed by atoms with van der Waals surface area (Å²) in [4.78, 5) is 2.29. The maximum absolute atomic E-state index is 3.37. The first-order valence-electron chi connectivity index (χ1n) is 4.14. The average molecular weight is 215 g/mol. The summed E-state index contributed by atoms with van der Waals surface area (Å²) in [6, 6.07) is 0. The van der Waals surface area contributed by atoms with Gasteiger partial charge in [0.05, 0.1) is 0 Å². The number of nitrogens with zero attached hydrogens (tertiary/aromatic N) is 1. The van der Waals surface area contributed by atoms with Gasteiger partial charge in [0.2, 0.25) is 0 Å². The van der Waals surface area contributed by atoms with Gasteiger partial charge in [-0.1, -0.05) is 0 Å². The van der Waals surface area contributed by atoms with Crippen LogP contribution in [0.15, 0.2) is 0 Å². The van der Waals surface area contributed by atoms with Crippen molar-refractivity contribution in [1.82, 2.24) is 10.2 Å². The normalized spacial score (nSPS) is 18.2. The lowest BCUT2D eigenvalue weighted by Gasteiger charge is -2.25. The Kier molecular flexibility index (Phi) is 10.1. The highest BCUT2D eigenvalue weighted by atomic mass is 35.5. The largest absolute Gasteiger partial charge is 0.317 e. The number of halogens is 2. The molecule has 0 saturated carbocycles. The van der Waals surface area contributed by atoms with Gasteiger partial charge in [-0.15, -0.1) is 24.8 Å². The summed E-state index contributed by atoms with van der Waals surface area (Å²) in [5.74, 6) is 0.941. The fourth-order valence-corrected chi connectivity index (χ4v) is 1.58. The Morgan fingerprint density at radius 3 is 2.08 bits per heavy atom. The molecule has 0 aromatic heterocycles. The van der Waals surface area contributed by atoms with Gasteiger partial charge < -0.3 is 10.2 Å². The molecule has 0 aromatic rings. The monoisotopic (exact) mass is 214 g/mol. The van der Waals surface area contributed by atoms with Gasteiger partial charge in [-0.05, 0) is 45.9 Å². The minimum Gasteiger partial charge on any atom is -0.317 e. The minimum absolute atomic E-state index is 0. The molecule has 0 bridgehead atoms. The average Bonchev–Trinajstić information content (AvgIpc) is 1.88. The van der Waals surface area contributed by atoms with E-state index in [1.807, 2.05) is 0 Å². The number of rotatable bonds is 2. The molecule has 0 unspecified atom stereocenters. The molecule has 0 radical (unpaired) electrons. The zero-order valence-corrected chi connectivity index (χ0v) is 9.51. The first kappa shape index (κ1) is 15.0. The van der Waals surface area contributed by atoms with Gasteiger partial charge in [0, 0.05) is 6.54 Å². The van der Waals surface area contributed by atoms with E-state index in [4.69, 9.17) is 0 Å². The molecule has 1 fully saturated rings. The van der Waals surface area contributed by atoms with Crippen molar-refractivity contribution in [2.24, 2.45) is 5.92 Å². The summed E-state index contributed by atoms with van der Waals surface area (Å²) in [5.41, 5.74) is 0. The predicted molar refractivity (Wildman–Crippen MR) is 58.6 cm³/mol. The zero-order chi connectivity index (χ0) is 7.40. The minimum atomic E-state index is 0. The second-order valence-electron chi connectivity index (χ2n) is 3.46. The molecule has 1 aliphatic heterocycles. The molecule has 1 rings (SSSR count). The van der Waals surface area contributed by atoms with Crippen LogP contribution < -0.4 is 5.32 Å². The fourth-order valence-electron chi connectivity index (χ4n) is 1.58. The molecule has 12 heavy (non-hydrogen) atoms. The van der Waals surface area contributed by atoms with E-state index in [2.05, 4.69) is 24.3 Å². The van der Waals surface area contributed by atoms with E-state index in [0.717, 1.165) is 5.92 Å². The first-order valence-corrected chi connectivity index (χ1v) is 4.14. The Labute approximate surface area is 87.9 Å². The van der Waals surface area contributed by atoms with Gasteiger partial charge in [-0.3, -0.25) is 0 Å². The molecular weight excluding hydrogens is 195 g/mol. The number of nitrogens with one attached hydrogen (secondary N) is 1. The molecule has 1 heterocycles. The molecule has 1 N–H and O–H groups in total. The van der Waals surface area contributed by atoms with Crippen LogP contribution >= 0.6 is 24.8 Å². The lowest BCUT2D eigenvalue weighted by molar-refractivity contribution is 0.273. The van der Waals surface area contributed by atoms with Crippen LogP contribution in [0.5, 0.6) is 0 Å². The Hall–Kier alpha value is 0.500. The molecule has 0 aromatic carbocycles. The van der Waals surface area contributed by atoms with Gasteiger partial charge in [-0.25, -0.2) is 0 Å². The predicted octanol–water partition coefficient (Wildman–Crippen LogP) is 1.39. The summed E-state index contributed by atoms with van der Waals surface area (Å²) in [6.45, 7) is 3.71. The molecule has 0 atom stereocenters. The maximum atomic E-state index is 3.37. The van der Waals surface area contributed by atoms with Crippen molar-refractivity contribution < 1.29 is 0 Å². The summed E-state index contributed by atoms with van der Waals surface area (Å²) >= 11 is 0. The topological polar surface area (TPSA) is 15.3 Å². The molecule has 0 spiro atoms. The van der Waals surface area contributed by atoms with Gasteiger partial charge in [0.15, 0.2) is 0 Å². The van der Waals surface area contributed by atoms with Crippen LogP contribution in [0, 0.1) is 5.92 Å². The van der Waals surface area contributed by atoms with Gasteiger partial charge in [-0.2, -0.15) is 0 Å². The number of piperidine rings is 1. The van der Waals surface area contributed by atoms with Crippen LogP contribution in [0.25, 0.3) is 0 Å². The molecule has 1 saturated heterocycles. The van der Waals surface area contributed by atoms with Crippen LogP contribution in [0.4, 0.5) is 0 Å². The highest BCUT2D eigenvalue weighted by Crippen LogP contribution is 2.11. The van der Waals surface area contributed by atoms with E-state index in [1.165, 1.54) is 32.5 Å². The molecule has 0 aliphatic carbocycles. The zero-order valence-electron chi connectivity index (χ0n) is 7.88. The Morgan fingerprint density at radius 1 is 1.17 bits per heavy atom. The molecule has 1 aliphatic rings. The smallest absolute Gasteiger partial charge is 0.000451 e. The SMILES string of the molecule is CN(C)CC1CCNCC1.Cl.Cl. The Balaban J connectivity index is 0. The lowest BCUT2D eigenvalue weighted by atomic mass is 9.98. The van der Waals surface area contributed by atoms with E-state index in [0.29, 0.717) is 0 Å². The molecule has 4 heteroatoms. The van der Waals surface area contributed by atoms with Crippen LogP contribution in [0.3, 0.4) is 0 Å². The second kappa shape index (κ2) is 8.11. The van der Waals surface area contributed by atoms with Crippen molar-refractivity contribution >= 4 is 24.8 Å². The van der Waals surface area contributed by atoms with Crippen LogP contribution in [-0.4, -0.2) is 38.6 Å². The highest BCUT2D eigenvalue weighted by Gasteiger charge is 2.12. The van der Waals surface area contributed by atoms with Gasteiger partial charge in [0.25, 0.3) is 0 Å². The summed E-state index contributed by atoms with van der Waals surface area (Å²) in [6.07, 6.45) is 2.72. The summed E-state index contributed by atoms with van der Waals surface area (Å²) < 4.78 is 0. The quantitative estimate of drug-likeness (QED) is 0.748. The van der Waals surface area contributed by atoms with Crippen LogP contribution in [0.2, 0.25) is 0 Å². The third-order valence-corrected chi connectivity index (χ3v) is 2.08. The highest BCUT2D eigenvalue weighted by molar-refractivity contribution is 5.85. The molecule has 0 amide bonds. The van der Waals surface area contributed by atoms with Crippen molar-refractivity contribution in [1.29, 1.82) is 0 Å². The second-order valence-corrected chi connectivity index (χ2v) is 3.46. The lowest BCUT2D eigenvalue weighted by Crippen LogP contribution is -2.33. The molecular formula is C8H20Cl2N2. The van der Waals surface area contributed by atoms with E-state index < -0.39 is 0 Å². The van der Waals surface area contributed by atoms with Crippen molar-refractivity contribution in [3.8, 4) is 0 Å².